The molecule has 1 aromatic carbocycles. The first kappa shape index (κ1) is 16.4. The highest BCUT2D eigenvalue weighted by Gasteiger charge is 2.26. The van der Waals surface area contributed by atoms with E-state index in [0.29, 0.717) is 16.7 Å². The van der Waals surface area contributed by atoms with E-state index in [1.165, 1.54) is 4.80 Å². The molecule has 2 heterocycles. The van der Waals surface area contributed by atoms with Gasteiger partial charge >= 0.3 is 0 Å². The number of nitrogens with zero attached hydrogens (tertiary/aromatic N) is 5. The molecule has 3 rings (SSSR count). The Kier molecular flexibility index (Phi) is 3.59. The fourth-order valence-electron chi connectivity index (χ4n) is 2.57. The predicted octanol–water partition coefficient (Wildman–Crippen LogP) is 3.51. The monoisotopic (exact) mass is 325 g/mol. The zero-order valence-corrected chi connectivity index (χ0v) is 15.0. The molecule has 0 saturated carbocycles. The van der Waals surface area contributed by atoms with Crippen molar-refractivity contribution in [2.75, 3.05) is 0 Å². The van der Waals surface area contributed by atoms with Crippen LogP contribution in [0, 0.1) is 0 Å². The first-order chi connectivity index (χ1) is 11.1. The lowest BCUT2D eigenvalue weighted by atomic mass is 9.80. The summed E-state index contributed by atoms with van der Waals surface area (Å²) in [6.45, 7) is 12.7. The van der Waals surface area contributed by atoms with Crippen LogP contribution in [0.2, 0.25) is 0 Å². The number of benzene rings is 1. The predicted molar refractivity (Wildman–Crippen MR) is 93.5 cm³/mol. The molecule has 0 spiro atoms. The van der Waals surface area contributed by atoms with E-state index in [9.17, 15) is 5.11 Å². The quantitative estimate of drug-likeness (QED) is 0.741. The fraction of sp³-hybridized carbons (Fsp3) is 0.444. The standard InChI is InChI=1S/C18H23N5O/c1-17(2,3)11-7-12(18(4,5)6)16(24)15(8-11)23-21-13-9-19-20-10-14(13)22-23/h7-10,24H,1-6H3. The molecule has 0 radical (unpaired) electrons. The van der Waals surface area contributed by atoms with Crippen molar-refractivity contribution in [2.45, 2.75) is 52.4 Å². The second kappa shape index (κ2) is 5.26. The average Bonchev–Trinajstić information content (AvgIpc) is 2.88. The van der Waals surface area contributed by atoms with E-state index in [-0.39, 0.29) is 16.6 Å². The summed E-state index contributed by atoms with van der Waals surface area (Å²) in [7, 11) is 0. The lowest BCUT2D eigenvalue weighted by Crippen LogP contribution is -2.18. The van der Waals surface area contributed by atoms with Gasteiger partial charge in [0.05, 0.1) is 12.4 Å². The van der Waals surface area contributed by atoms with Crippen molar-refractivity contribution >= 4 is 11.0 Å². The van der Waals surface area contributed by atoms with E-state index < -0.39 is 0 Å². The lowest BCUT2D eigenvalue weighted by molar-refractivity contribution is 0.438. The van der Waals surface area contributed by atoms with Gasteiger partial charge in [0.15, 0.2) is 0 Å². The van der Waals surface area contributed by atoms with Gasteiger partial charge in [0.2, 0.25) is 0 Å². The Balaban J connectivity index is 2.30. The number of hydrogen-bond donors (Lipinski definition) is 1. The van der Waals surface area contributed by atoms with E-state index in [1.54, 1.807) is 12.4 Å². The zero-order chi connectivity index (χ0) is 17.7. The van der Waals surface area contributed by atoms with Crippen molar-refractivity contribution in [3.63, 3.8) is 0 Å². The Labute approximate surface area is 141 Å². The van der Waals surface area contributed by atoms with E-state index in [4.69, 9.17) is 0 Å². The molecule has 24 heavy (non-hydrogen) atoms. The van der Waals surface area contributed by atoms with Crippen LogP contribution < -0.4 is 0 Å². The topological polar surface area (TPSA) is 76.7 Å². The Morgan fingerprint density at radius 3 is 1.83 bits per heavy atom. The summed E-state index contributed by atoms with van der Waals surface area (Å²) < 4.78 is 0. The average molecular weight is 325 g/mol. The smallest absolute Gasteiger partial charge is 0.146 e. The van der Waals surface area contributed by atoms with Gasteiger partial charge in [-0.2, -0.15) is 10.2 Å². The lowest BCUT2D eigenvalue weighted by Gasteiger charge is -2.27. The van der Waals surface area contributed by atoms with Crippen LogP contribution in [0.1, 0.15) is 52.7 Å². The fourth-order valence-corrected chi connectivity index (χ4v) is 2.57. The third-order valence-electron chi connectivity index (χ3n) is 4.07. The molecule has 6 nitrogen and oxygen atoms in total. The van der Waals surface area contributed by atoms with Crippen LogP contribution in [0.4, 0.5) is 0 Å². The van der Waals surface area contributed by atoms with Gasteiger partial charge in [0, 0.05) is 5.56 Å². The van der Waals surface area contributed by atoms with E-state index in [2.05, 4.69) is 68.0 Å². The normalized spacial score (nSPS) is 12.8. The summed E-state index contributed by atoms with van der Waals surface area (Å²) in [6, 6.07) is 4.02. The molecule has 0 aliphatic heterocycles. The van der Waals surface area contributed by atoms with Crippen molar-refractivity contribution in [1.29, 1.82) is 0 Å². The Morgan fingerprint density at radius 1 is 0.833 bits per heavy atom. The van der Waals surface area contributed by atoms with Gasteiger partial charge < -0.3 is 5.11 Å². The number of aromatic nitrogens is 5. The third kappa shape index (κ3) is 2.84. The van der Waals surface area contributed by atoms with Crippen LogP contribution in [-0.2, 0) is 10.8 Å². The summed E-state index contributed by atoms with van der Waals surface area (Å²) in [5.41, 5.74) is 3.60. The second-order valence-electron chi connectivity index (χ2n) is 8.14. The molecule has 0 fully saturated rings. The van der Waals surface area contributed by atoms with Crippen LogP contribution in [0.3, 0.4) is 0 Å². The van der Waals surface area contributed by atoms with E-state index in [1.807, 2.05) is 6.07 Å². The summed E-state index contributed by atoms with van der Waals surface area (Å²) >= 11 is 0. The molecule has 0 saturated heterocycles. The highest BCUT2D eigenvalue weighted by molar-refractivity contribution is 5.71. The summed E-state index contributed by atoms with van der Waals surface area (Å²) in [5, 5.41) is 27.4. The van der Waals surface area contributed by atoms with Crippen molar-refractivity contribution in [3.05, 3.63) is 35.7 Å². The molecule has 0 atom stereocenters. The van der Waals surface area contributed by atoms with Gasteiger partial charge in [-0.15, -0.1) is 15.0 Å². The number of aromatic hydroxyl groups is 1. The number of fused-ring (bicyclic) bond motifs is 1. The minimum absolute atomic E-state index is 0.0574. The molecule has 0 aliphatic carbocycles. The minimum Gasteiger partial charge on any atom is -0.505 e. The van der Waals surface area contributed by atoms with Crippen molar-refractivity contribution in [2.24, 2.45) is 0 Å². The number of phenolic OH excluding ortho intramolecular Hbond substituents is 1. The molecule has 126 valence electrons. The molecular weight excluding hydrogens is 302 g/mol. The summed E-state index contributed by atoms with van der Waals surface area (Å²) in [6.07, 6.45) is 3.13. The second-order valence-corrected chi connectivity index (χ2v) is 8.14. The molecule has 0 aliphatic rings. The van der Waals surface area contributed by atoms with Crippen molar-refractivity contribution in [1.82, 2.24) is 25.2 Å². The molecule has 0 amide bonds. The Morgan fingerprint density at radius 2 is 1.38 bits per heavy atom. The van der Waals surface area contributed by atoms with Crippen molar-refractivity contribution in [3.8, 4) is 11.4 Å². The molecule has 0 unspecified atom stereocenters. The van der Waals surface area contributed by atoms with Crippen LogP contribution >= 0.6 is 0 Å². The Bertz CT molecular complexity index is 867. The highest BCUT2D eigenvalue weighted by Crippen LogP contribution is 2.39. The highest BCUT2D eigenvalue weighted by atomic mass is 16.3. The van der Waals surface area contributed by atoms with Crippen LogP contribution in [0.5, 0.6) is 5.75 Å². The van der Waals surface area contributed by atoms with Gasteiger partial charge in [-0.25, -0.2) is 0 Å². The first-order valence-electron chi connectivity index (χ1n) is 7.99. The third-order valence-corrected chi connectivity index (χ3v) is 4.07. The first-order valence-corrected chi connectivity index (χ1v) is 7.99. The van der Waals surface area contributed by atoms with Crippen LogP contribution in [0.15, 0.2) is 24.5 Å². The van der Waals surface area contributed by atoms with Crippen LogP contribution in [0.25, 0.3) is 16.7 Å². The van der Waals surface area contributed by atoms with Gasteiger partial charge in [-0.1, -0.05) is 47.6 Å². The largest absolute Gasteiger partial charge is 0.505 e. The molecule has 0 bridgehead atoms. The maximum absolute atomic E-state index is 10.9. The van der Waals surface area contributed by atoms with Crippen molar-refractivity contribution < 1.29 is 5.11 Å². The minimum atomic E-state index is -0.199. The SMILES string of the molecule is CC(C)(C)c1cc(-n2nc3cnncc3n2)c(O)c(C(C)(C)C)c1. The summed E-state index contributed by atoms with van der Waals surface area (Å²) in [5.74, 6) is 0.205. The van der Waals surface area contributed by atoms with E-state index in [0.717, 1.165) is 11.1 Å². The maximum atomic E-state index is 10.9. The van der Waals surface area contributed by atoms with Gasteiger partial charge in [0.1, 0.15) is 22.5 Å². The van der Waals surface area contributed by atoms with Gasteiger partial charge in [0.25, 0.3) is 0 Å². The molecular formula is C18H23N5O. The molecule has 3 aromatic rings. The molecule has 6 heteroatoms. The van der Waals surface area contributed by atoms with Gasteiger partial charge in [-0.05, 0) is 22.5 Å². The molecule has 1 N–H and O–H groups in total. The number of hydrogen-bond acceptors (Lipinski definition) is 5. The number of rotatable bonds is 1. The van der Waals surface area contributed by atoms with E-state index >= 15 is 0 Å². The molecule has 2 aromatic heterocycles. The zero-order valence-electron chi connectivity index (χ0n) is 15.0. The summed E-state index contributed by atoms with van der Waals surface area (Å²) in [4.78, 5) is 1.47. The Hall–Kier alpha value is -2.50. The van der Waals surface area contributed by atoms with Gasteiger partial charge in [-0.3, -0.25) is 0 Å². The van der Waals surface area contributed by atoms with Crippen LogP contribution in [-0.4, -0.2) is 30.3 Å². The maximum Gasteiger partial charge on any atom is 0.146 e. The number of phenols is 1.